The van der Waals surface area contributed by atoms with Gasteiger partial charge in [-0.2, -0.15) is 0 Å². The Hall–Kier alpha value is -1.28. The number of para-hydroxylation sites is 1. The molecule has 0 spiro atoms. The first-order chi connectivity index (χ1) is 17.7. The molecule has 0 heterocycles. The Labute approximate surface area is 228 Å². The third-order valence-electron chi connectivity index (χ3n) is 12.7. The quantitative estimate of drug-likeness (QED) is 0.217. The van der Waals surface area contributed by atoms with Crippen LogP contribution in [0.1, 0.15) is 112 Å². The second-order valence-electron chi connectivity index (χ2n) is 14.6. The minimum absolute atomic E-state index is 0.396. The van der Waals surface area contributed by atoms with Gasteiger partial charge in [0, 0.05) is 6.04 Å². The van der Waals surface area contributed by atoms with Crippen LogP contribution < -0.4 is 10.9 Å². The smallest absolute Gasteiger partial charge is 0.0520 e. The highest BCUT2D eigenvalue weighted by atomic mass is 15.4. The predicted molar refractivity (Wildman–Crippen MR) is 159 cm³/mol. The molecule has 9 atom stereocenters. The fraction of sp³-hybridized carbons (Fsp3) is 0.771. The van der Waals surface area contributed by atoms with Crippen molar-refractivity contribution in [1.29, 1.82) is 0 Å². The van der Waals surface area contributed by atoms with Gasteiger partial charge in [-0.05, 0) is 122 Å². The summed E-state index contributed by atoms with van der Waals surface area (Å²) in [6.45, 7) is 15.2. The number of benzene rings is 1. The molecule has 0 aliphatic heterocycles. The number of anilines is 1. The van der Waals surface area contributed by atoms with Gasteiger partial charge in [0.2, 0.25) is 0 Å². The zero-order chi connectivity index (χ0) is 26.4. The molecule has 0 aromatic heterocycles. The second kappa shape index (κ2) is 10.7. The third-order valence-corrected chi connectivity index (χ3v) is 12.7. The van der Waals surface area contributed by atoms with E-state index in [-0.39, 0.29) is 0 Å². The Morgan fingerprint density at radius 2 is 1.70 bits per heavy atom. The SMILES string of the molecule is CC[C@H](CC[C@@H](C)[C@@H]1CC[C@@H]2[C@H]3CC=C4C[C@@H](N(N)c5ccccc5)CC[C@]4(C)[C@@H]3CC[C@@]21C)C(C)C. The number of hydrogen-bond acceptors (Lipinski definition) is 2. The number of fused-ring (bicyclic) bond motifs is 5. The van der Waals surface area contributed by atoms with Crippen molar-refractivity contribution >= 4 is 5.69 Å². The van der Waals surface area contributed by atoms with Gasteiger partial charge in [-0.1, -0.05) is 84.2 Å². The molecule has 2 nitrogen and oxygen atoms in total. The molecule has 3 fully saturated rings. The van der Waals surface area contributed by atoms with Gasteiger partial charge in [0.05, 0.1) is 5.69 Å². The Morgan fingerprint density at radius 3 is 2.41 bits per heavy atom. The largest absolute Gasteiger partial charge is 0.308 e. The van der Waals surface area contributed by atoms with Crippen LogP contribution in [-0.4, -0.2) is 6.04 Å². The lowest BCUT2D eigenvalue weighted by Gasteiger charge is -2.59. The lowest BCUT2D eigenvalue weighted by Crippen LogP contribution is -2.53. The second-order valence-corrected chi connectivity index (χ2v) is 14.6. The van der Waals surface area contributed by atoms with E-state index < -0.39 is 0 Å². The van der Waals surface area contributed by atoms with Crippen molar-refractivity contribution < 1.29 is 0 Å². The molecule has 0 bridgehead atoms. The van der Waals surface area contributed by atoms with Crippen LogP contribution in [-0.2, 0) is 0 Å². The highest BCUT2D eigenvalue weighted by Crippen LogP contribution is 2.67. The van der Waals surface area contributed by atoms with Crippen LogP contribution in [0.2, 0.25) is 0 Å². The van der Waals surface area contributed by atoms with Gasteiger partial charge in [-0.25, -0.2) is 5.84 Å². The highest BCUT2D eigenvalue weighted by molar-refractivity contribution is 5.46. The number of allylic oxidation sites excluding steroid dienone is 1. The number of nitrogens with zero attached hydrogens (tertiary/aromatic N) is 1. The summed E-state index contributed by atoms with van der Waals surface area (Å²) in [6.07, 6.45) is 17.8. The summed E-state index contributed by atoms with van der Waals surface area (Å²) in [5.41, 5.74) is 3.86. The number of rotatable bonds is 8. The summed E-state index contributed by atoms with van der Waals surface area (Å²) < 4.78 is 0. The third kappa shape index (κ3) is 4.83. The molecule has 3 saturated carbocycles. The molecule has 2 N–H and O–H groups in total. The average molecular weight is 505 g/mol. The first-order valence-electron chi connectivity index (χ1n) is 16.0. The van der Waals surface area contributed by atoms with Crippen LogP contribution >= 0.6 is 0 Å². The van der Waals surface area contributed by atoms with Gasteiger partial charge in [0.1, 0.15) is 0 Å². The zero-order valence-corrected chi connectivity index (χ0v) is 24.9. The van der Waals surface area contributed by atoms with Crippen molar-refractivity contribution in [3.63, 3.8) is 0 Å². The summed E-state index contributed by atoms with van der Waals surface area (Å²) in [7, 11) is 0. The predicted octanol–water partition coefficient (Wildman–Crippen LogP) is 9.41. The molecule has 5 rings (SSSR count). The van der Waals surface area contributed by atoms with Crippen LogP contribution in [0.25, 0.3) is 0 Å². The molecular weight excluding hydrogens is 448 g/mol. The van der Waals surface area contributed by atoms with Gasteiger partial charge in [-0.15, -0.1) is 0 Å². The van der Waals surface area contributed by atoms with E-state index in [1.165, 1.54) is 64.2 Å². The van der Waals surface area contributed by atoms with Crippen molar-refractivity contribution in [1.82, 2.24) is 0 Å². The van der Waals surface area contributed by atoms with Crippen LogP contribution in [0, 0.1) is 52.3 Å². The van der Waals surface area contributed by atoms with E-state index in [9.17, 15) is 0 Å². The van der Waals surface area contributed by atoms with Gasteiger partial charge in [0.15, 0.2) is 0 Å². The Bertz CT molecular complexity index is 936. The van der Waals surface area contributed by atoms with E-state index in [4.69, 9.17) is 5.84 Å². The number of hydrogen-bond donors (Lipinski definition) is 1. The summed E-state index contributed by atoms with van der Waals surface area (Å²) in [4.78, 5) is 0. The van der Waals surface area contributed by atoms with Crippen LogP contribution in [0.3, 0.4) is 0 Å². The summed E-state index contributed by atoms with van der Waals surface area (Å²) in [5, 5.41) is 2.07. The van der Waals surface area contributed by atoms with Gasteiger partial charge >= 0.3 is 0 Å². The maximum absolute atomic E-state index is 6.67. The minimum Gasteiger partial charge on any atom is -0.308 e. The van der Waals surface area contributed by atoms with E-state index >= 15 is 0 Å². The highest BCUT2D eigenvalue weighted by Gasteiger charge is 2.59. The van der Waals surface area contributed by atoms with Crippen molar-refractivity contribution in [3.8, 4) is 0 Å². The summed E-state index contributed by atoms with van der Waals surface area (Å²) in [6, 6.07) is 11.0. The van der Waals surface area contributed by atoms with Crippen molar-refractivity contribution in [2.45, 2.75) is 118 Å². The molecule has 1 aromatic rings. The molecule has 1 aromatic carbocycles. The van der Waals surface area contributed by atoms with Crippen molar-refractivity contribution in [2.75, 3.05) is 5.01 Å². The zero-order valence-electron chi connectivity index (χ0n) is 24.9. The molecule has 2 heteroatoms. The summed E-state index contributed by atoms with van der Waals surface area (Å²) in [5.74, 6) is 13.0. The first kappa shape index (κ1) is 27.3. The van der Waals surface area contributed by atoms with E-state index in [0.29, 0.717) is 16.9 Å². The molecule has 4 aliphatic rings. The van der Waals surface area contributed by atoms with Gasteiger partial charge in [-0.3, -0.25) is 0 Å². The lowest BCUT2D eigenvalue weighted by molar-refractivity contribution is -0.0512. The Balaban J connectivity index is 1.28. The Morgan fingerprint density at radius 1 is 0.946 bits per heavy atom. The lowest BCUT2D eigenvalue weighted by atomic mass is 9.47. The van der Waals surface area contributed by atoms with E-state index in [0.717, 1.165) is 53.5 Å². The number of nitrogens with two attached hydrogens (primary N) is 1. The van der Waals surface area contributed by atoms with Crippen molar-refractivity contribution in [3.05, 3.63) is 42.0 Å². The first-order valence-corrected chi connectivity index (χ1v) is 16.0. The van der Waals surface area contributed by atoms with Crippen LogP contribution in [0.4, 0.5) is 5.69 Å². The maximum atomic E-state index is 6.67. The summed E-state index contributed by atoms with van der Waals surface area (Å²) >= 11 is 0. The van der Waals surface area contributed by atoms with E-state index in [1.807, 2.05) is 0 Å². The fourth-order valence-corrected chi connectivity index (χ4v) is 10.4. The fourth-order valence-electron chi connectivity index (χ4n) is 10.4. The monoisotopic (exact) mass is 504 g/mol. The topological polar surface area (TPSA) is 29.3 Å². The maximum Gasteiger partial charge on any atom is 0.0520 e. The molecule has 4 aliphatic carbocycles. The normalized spacial score (nSPS) is 38.8. The van der Waals surface area contributed by atoms with Crippen LogP contribution in [0.5, 0.6) is 0 Å². The minimum atomic E-state index is 0.396. The average Bonchev–Trinajstić information content (AvgIpc) is 3.25. The molecule has 0 unspecified atom stereocenters. The van der Waals surface area contributed by atoms with Gasteiger partial charge in [0.25, 0.3) is 0 Å². The van der Waals surface area contributed by atoms with E-state index in [1.54, 1.807) is 5.57 Å². The molecule has 37 heavy (non-hydrogen) atoms. The molecule has 0 amide bonds. The van der Waals surface area contributed by atoms with Crippen molar-refractivity contribution in [2.24, 2.45) is 58.1 Å². The van der Waals surface area contributed by atoms with Crippen LogP contribution in [0.15, 0.2) is 42.0 Å². The van der Waals surface area contributed by atoms with Gasteiger partial charge < -0.3 is 5.01 Å². The number of hydrazine groups is 1. The Kier molecular flexibility index (Phi) is 7.90. The molecular formula is C35H56N2. The molecule has 0 radical (unpaired) electrons. The standard InChI is InChI=1S/C35H56N2/c1-7-26(24(2)3)14-13-25(4)31-17-18-32-30-16-15-27-23-29(37(36)28-11-9-8-10-12-28)19-21-34(27,5)33(30)20-22-35(31,32)6/h8-12,15,24-26,29-33H,7,13-14,16-23,36H2,1-6H3/t25-,26-,29+,30-,31+,32-,33-,34+,35-/m1/s1. The molecule has 206 valence electrons. The van der Waals surface area contributed by atoms with E-state index in [2.05, 4.69) is 83.0 Å². The molecule has 0 saturated heterocycles.